The van der Waals surface area contributed by atoms with Crippen molar-refractivity contribution >= 4 is 28.3 Å². The molecule has 0 aliphatic heterocycles. The number of tetrazole rings is 1. The van der Waals surface area contributed by atoms with Crippen LogP contribution in [0.25, 0.3) is 16.6 Å². The zero-order valence-corrected chi connectivity index (χ0v) is 18.7. The lowest BCUT2D eigenvalue weighted by Gasteiger charge is -2.23. The number of hydrogen-bond donors (Lipinski definition) is 1. The number of carbonyl (C=O) groups excluding carboxylic acids is 1. The van der Waals surface area contributed by atoms with E-state index in [0.717, 1.165) is 38.8 Å². The van der Waals surface area contributed by atoms with Crippen LogP contribution in [0.4, 0.5) is 10.5 Å². The van der Waals surface area contributed by atoms with E-state index in [0.29, 0.717) is 24.5 Å². The van der Waals surface area contributed by atoms with E-state index in [1.165, 1.54) is 0 Å². The number of urea groups is 1. The number of anilines is 1. The Bertz CT molecular complexity index is 1460. The van der Waals surface area contributed by atoms with Gasteiger partial charge in [0, 0.05) is 16.6 Å². The Morgan fingerprint density at radius 3 is 2.67 bits per heavy atom. The summed E-state index contributed by atoms with van der Waals surface area (Å²) in [5.74, 6) is 0.693. The Balaban J connectivity index is 1.55. The van der Waals surface area contributed by atoms with Crippen molar-refractivity contribution < 1.29 is 9.21 Å². The third-order valence-corrected chi connectivity index (χ3v) is 5.73. The molecule has 3 aromatic heterocycles. The Morgan fingerprint density at radius 1 is 1.03 bits per heavy atom. The molecule has 5 aromatic rings. The minimum absolute atomic E-state index is 0.230. The summed E-state index contributed by atoms with van der Waals surface area (Å²) < 4.78 is 7.29. The van der Waals surface area contributed by atoms with Gasteiger partial charge in [-0.05, 0) is 72.7 Å². The van der Waals surface area contributed by atoms with Crippen LogP contribution in [0.5, 0.6) is 0 Å². The monoisotopic (exact) mass is 440 g/mol. The number of rotatable bonds is 5. The average molecular weight is 441 g/mol. The Labute approximate surface area is 190 Å². The molecule has 0 saturated carbocycles. The first-order valence-electron chi connectivity index (χ1n) is 10.7. The highest BCUT2D eigenvalue weighted by molar-refractivity contribution is 5.91. The highest BCUT2D eigenvalue weighted by atomic mass is 16.3. The predicted molar refractivity (Wildman–Crippen MR) is 126 cm³/mol. The van der Waals surface area contributed by atoms with Gasteiger partial charge in [0.2, 0.25) is 0 Å². The largest absolute Gasteiger partial charge is 0.467 e. The first-order valence-corrected chi connectivity index (χ1v) is 10.7. The van der Waals surface area contributed by atoms with Gasteiger partial charge in [0.15, 0.2) is 5.65 Å². The molecule has 0 fully saturated rings. The molecule has 0 radical (unpaired) electrons. The van der Waals surface area contributed by atoms with E-state index in [1.807, 2.05) is 43.3 Å². The minimum atomic E-state index is -0.230. The van der Waals surface area contributed by atoms with Gasteiger partial charge < -0.3 is 14.6 Å². The summed E-state index contributed by atoms with van der Waals surface area (Å²) in [6.45, 7) is 6.70. The Hall–Kier alpha value is -4.20. The molecule has 33 heavy (non-hydrogen) atoms. The van der Waals surface area contributed by atoms with Gasteiger partial charge in [-0.2, -0.15) is 4.52 Å². The molecular formula is C25H24N6O2. The lowest BCUT2D eigenvalue weighted by Crippen LogP contribution is -2.34. The maximum Gasteiger partial charge on any atom is 0.322 e. The molecule has 166 valence electrons. The van der Waals surface area contributed by atoms with Gasteiger partial charge in [0.05, 0.1) is 24.9 Å². The highest BCUT2D eigenvalue weighted by Crippen LogP contribution is 2.25. The second-order valence-electron chi connectivity index (χ2n) is 8.28. The quantitative estimate of drug-likeness (QED) is 0.414. The van der Waals surface area contributed by atoms with Crippen LogP contribution in [0.15, 0.2) is 65.3 Å². The molecule has 8 nitrogen and oxygen atoms in total. The van der Waals surface area contributed by atoms with Crippen molar-refractivity contribution in [3.63, 3.8) is 0 Å². The van der Waals surface area contributed by atoms with Crippen LogP contribution in [-0.4, -0.2) is 31.0 Å². The maximum atomic E-state index is 13.4. The summed E-state index contributed by atoms with van der Waals surface area (Å²) in [6, 6.07) is 17.4. The summed E-state index contributed by atoms with van der Waals surface area (Å²) in [5.41, 5.74) is 6.45. The summed E-state index contributed by atoms with van der Waals surface area (Å²) in [4.78, 5) is 15.1. The van der Waals surface area contributed by atoms with Crippen molar-refractivity contribution in [1.29, 1.82) is 0 Å². The second kappa shape index (κ2) is 8.38. The molecule has 0 aliphatic carbocycles. The number of aromatic nitrogens is 4. The van der Waals surface area contributed by atoms with E-state index in [1.54, 1.807) is 15.7 Å². The molecule has 2 aromatic carbocycles. The molecule has 0 unspecified atom stereocenters. The number of fused-ring (bicyclic) bond motifs is 3. The molecule has 5 rings (SSSR count). The van der Waals surface area contributed by atoms with Gasteiger partial charge in [0.25, 0.3) is 0 Å². The summed E-state index contributed by atoms with van der Waals surface area (Å²) in [6.07, 6.45) is 1.61. The number of para-hydroxylation sites is 1. The molecule has 2 amide bonds. The first-order chi connectivity index (χ1) is 16.0. The van der Waals surface area contributed by atoms with Crippen molar-refractivity contribution in [2.75, 3.05) is 5.32 Å². The topological polar surface area (TPSA) is 88.6 Å². The van der Waals surface area contributed by atoms with E-state index in [9.17, 15) is 4.79 Å². The summed E-state index contributed by atoms with van der Waals surface area (Å²) >= 11 is 0. The predicted octanol–water partition coefficient (Wildman–Crippen LogP) is 5.03. The SMILES string of the molecule is Cc1cc(C)c2c(c1)cc(CN(Cc1ccco1)C(=O)Nc1ccccc1C)c1nnnn12. The van der Waals surface area contributed by atoms with E-state index in [2.05, 4.69) is 52.9 Å². The standard InChI is InChI=1S/C25H24N6O2/c1-16-11-18(3)23-19(12-16)13-20(24-27-28-29-31(23)24)14-30(15-21-8-6-10-33-21)25(32)26-22-9-5-4-7-17(22)2/h4-13H,14-15H2,1-3H3,(H,26,32). The van der Waals surface area contributed by atoms with Crippen molar-refractivity contribution in [2.24, 2.45) is 0 Å². The van der Waals surface area contributed by atoms with Gasteiger partial charge in [-0.3, -0.25) is 0 Å². The number of nitrogens with zero attached hydrogens (tertiary/aromatic N) is 5. The Kier molecular flexibility index (Phi) is 5.26. The average Bonchev–Trinajstić information content (AvgIpc) is 3.46. The smallest absolute Gasteiger partial charge is 0.322 e. The number of aryl methyl sites for hydroxylation is 3. The maximum absolute atomic E-state index is 13.4. The summed E-state index contributed by atoms with van der Waals surface area (Å²) in [5, 5.41) is 16.4. The molecular weight excluding hydrogens is 416 g/mol. The van der Waals surface area contributed by atoms with E-state index in [4.69, 9.17) is 4.42 Å². The molecule has 0 saturated heterocycles. The van der Waals surface area contributed by atoms with Crippen molar-refractivity contribution in [3.05, 3.63) is 88.9 Å². The van der Waals surface area contributed by atoms with E-state index in [-0.39, 0.29) is 6.03 Å². The van der Waals surface area contributed by atoms with Crippen molar-refractivity contribution in [1.82, 2.24) is 24.9 Å². The van der Waals surface area contributed by atoms with Crippen LogP contribution in [0.3, 0.4) is 0 Å². The van der Waals surface area contributed by atoms with Crippen LogP contribution in [0, 0.1) is 20.8 Å². The number of amides is 2. The van der Waals surface area contributed by atoms with Crippen LogP contribution in [-0.2, 0) is 13.1 Å². The van der Waals surface area contributed by atoms with E-state index < -0.39 is 0 Å². The lowest BCUT2D eigenvalue weighted by molar-refractivity contribution is 0.201. The fourth-order valence-corrected chi connectivity index (χ4v) is 4.20. The van der Waals surface area contributed by atoms with E-state index >= 15 is 0 Å². The van der Waals surface area contributed by atoms with Crippen molar-refractivity contribution in [2.45, 2.75) is 33.9 Å². The fraction of sp³-hybridized carbons (Fsp3) is 0.200. The molecule has 0 spiro atoms. The second-order valence-corrected chi connectivity index (χ2v) is 8.28. The summed E-state index contributed by atoms with van der Waals surface area (Å²) in [7, 11) is 0. The lowest BCUT2D eigenvalue weighted by atomic mass is 10.0. The van der Waals surface area contributed by atoms with Gasteiger partial charge in [-0.1, -0.05) is 29.8 Å². The highest BCUT2D eigenvalue weighted by Gasteiger charge is 2.20. The zero-order valence-electron chi connectivity index (χ0n) is 18.7. The zero-order chi connectivity index (χ0) is 22.9. The number of hydrogen-bond acceptors (Lipinski definition) is 5. The number of carbonyl (C=O) groups is 1. The van der Waals surface area contributed by atoms with Crippen molar-refractivity contribution in [3.8, 4) is 0 Å². The molecule has 0 atom stereocenters. The fourth-order valence-electron chi connectivity index (χ4n) is 4.20. The number of nitrogens with one attached hydrogen (secondary N) is 1. The third-order valence-electron chi connectivity index (χ3n) is 5.73. The molecule has 1 N–H and O–H groups in total. The molecule has 0 bridgehead atoms. The number of furan rings is 1. The molecule has 0 aliphatic rings. The first kappa shape index (κ1) is 20.7. The third kappa shape index (κ3) is 4.03. The van der Waals surface area contributed by atoms with Crippen LogP contribution >= 0.6 is 0 Å². The minimum Gasteiger partial charge on any atom is -0.467 e. The molecule has 8 heteroatoms. The van der Waals surface area contributed by atoms with Gasteiger partial charge in [-0.25, -0.2) is 4.79 Å². The molecule has 3 heterocycles. The van der Waals surface area contributed by atoms with Gasteiger partial charge in [0.1, 0.15) is 5.76 Å². The van der Waals surface area contributed by atoms with Crippen LogP contribution in [0.2, 0.25) is 0 Å². The number of benzene rings is 2. The van der Waals surface area contributed by atoms with Gasteiger partial charge in [-0.15, -0.1) is 5.10 Å². The normalized spacial score (nSPS) is 11.2. The van der Waals surface area contributed by atoms with Gasteiger partial charge >= 0.3 is 6.03 Å². The van der Waals surface area contributed by atoms with Crippen LogP contribution in [0.1, 0.15) is 28.0 Å². The van der Waals surface area contributed by atoms with Crippen LogP contribution < -0.4 is 5.32 Å². The Morgan fingerprint density at radius 2 is 1.88 bits per heavy atom. The number of pyridine rings is 1.